The average molecular weight is 305 g/mol. The Morgan fingerprint density at radius 3 is 2.73 bits per heavy atom. The molecule has 0 unspecified atom stereocenters. The van der Waals surface area contributed by atoms with Crippen LogP contribution >= 0.6 is 11.9 Å². The third kappa shape index (κ3) is 2.27. The summed E-state index contributed by atoms with van der Waals surface area (Å²) >= 11 is 1.39. The summed E-state index contributed by atoms with van der Waals surface area (Å²) in [5.74, 6) is 0.486. The van der Waals surface area contributed by atoms with Crippen molar-refractivity contribution in [1.29, 1.82) is 0 Å². The standard InChI is InChI=1S/C18H11NO2S/c20-15-11-17(21-16-7-3-2-6-13(15)16)14-10-9-12-5-1-4-8-18(12)22-19-14/h1-11H. The molecule has 0 aliphatic carbocycles. The first-order chi connectivity index (χ1) is 10.8. The zero-order valence-corrected chi connectivity index (χ0v) is 12.3. The molecule has 3 aromatic rings. The zero-order chi connectivity index (χ0) is 14.9. The molecule has 2 aromatic carbocycles. The fraction of sp³-hybridized carbons (Fsp3) is 0. The van der Waals surface area contributed by atoms with E-state index in [2.05, 4.69) is 4.40 Å². The molecule has 0 N–H and O–H groups in total. The van der Waals surface area contributed by atoms with Gasteiger partial charge >= 0.3 is 0 Å². The van der Waals surface area contributed by atoms with Crippen LogP contribution in [0.2, 0.25) is 0 Å². The first-order valence-corrected chi connectivity index (χ1v) is 7.64. The molecule has 0 atom stereocenters. The molecule has 4 heteroatoms. The highest BCUT2D eigenvalue weighted by Crippen LogP contribution is 2.28. The van der Waals surface area contributed by atoms with E-state index in [0.717, 1.165) is 10.5 Å². The van der Waals surface area contributed by atoms with Crippen LogP contribution in [-0.4, -0.2) is 5.71 Å². The summed E-state index contributed by atoms with van der Waals surface area (Å²) in [6, 6.07) is 16.8. The molecule has 0 fully saturated rings. The van der Waals surface area contributed by atoms with Crippen molar-refractivity contribution in [1.82, 2.24) is 0 Å². The Hall–Kier alpha value is -2.59. The molecule has 22 heavy (non-hydrogen) atoms. The molecule has 1 aromatic heterocycles. The van der Waals surface area contributed by atoms with Gasteiger partial charge in [0.1, 0.15) is 11.3 Å². The third-order valence-electron chi connectivity index (χ3n) is 3.47. The maximum atomic E-state index is 12.2. The fourth-order valence-electron chi connectivity index (χ4n) is 2.36. The number of allylic oxidation sites excluding steroid dienone is 1. The van der Waals surface area contributed by atoms with Gasteiger partial charge in [-0.05, 0) is 29.8 Å². The summed E-state index contributed by atoms with van der Waals surface area (Å²) in [5.41, 5.74) is 2.28. The lowest BCUT2D eigenvalue weighted by molar-refractivity contribution is 0.592. The smallest absolute Gasteiger partial charge is 0.193 e. The first kappa shape index (κ1) is 13.1. The molecular weight excluding hydrogens is 294 g/mol. The van der Waals surface area contributed by atoms with E-state index >= 15 is 0 Å². The lowest BCUT2D eigenvalue weighted by Gasteiger charge is -2.02. The molecule has 1 aliphatic heterocycles. The predicted octanol–water partition coefficient (Wildman–Crippen LogP) is 4.32. The highest BCUT2D eigenvalue weighted by atomic mass is 32.2. The summed E-state index contributed by atoms with van der Waals surface area (Å²) in [5, 5.41) is 0.584. The van der Waals surface area contributed by atoms with E-state index in [1.54, 1.807) is 12.1 Å². The van der Waals surface area contributed by atoms with Crippen LogP contribution in [0.5, 0.6) is 0 Å². The molecule has 0 amide bonds. The lowest BCUT2D eigenvalue weighted by atomic mass is 10.1. The Labute approximate surface area is 131 Å². The number of para-hydroxylation sites is 1. The Bertz CT molecular complexity index is 986. The number of hydrogen-bond acceptors (Lipinski definition) is 4. The Kier molecular flexibility index (Phi) is 3.16. The molecule has 0 saturated carbocycles. The minimum absolute atomic E-state index is 0.0558. The van der Waals surface area contributed by atoms with Crippen LogP contribution in [0.3, 0.4) is 0 Å². The predicted molar refractivity (Wildman–Crippen MR) is 90.4 cm³/mol. The van der Waals surface area contributed by atoms with E-state index in [1.165, 1.54) is 18.0 Å². The van der Waals surface area contributed by atoms with Gasteiger partial charge in [-0.1, -0.05) is 36.4 Å². The van der Waals surface area contributed by atoms with Crippen molar-refractivity contribution in [3.05, 3.63) is 82.2 Å². The van der Waals surface area contributed by atoms with Crippen LogP contribution in [-0.2, 0) is 0 Å². The van der Waals surface area contributed by atoms with E-state index in [9.17, 15) is 4.79 Å². The second-order valence-corrected chi connectivity index (χ2v) is 5.72. The zero-order valence-electron chi connectivity index (χ0n) is 11.5. The van der Waals surface area contributed by atoms with Crippen LogP contribution in [0.1, 0.15) is 11.3 Å². The van der Waals surface area contributed by atoms with Crippen LogP contribution in [0.25, 0.3) is 17.0 Å². The van der Waals surface area contributed by atoms with Gasteiger partial charge in [-0.3, -0.25) is 4.79 Å². The van der Waals surface area contributed by atoms with Crippen molar-refractivity contribution in [2.24, 2.45) is 4.40 Å². The van der Waals surface area contributed by atoms with E-state index < -0.39 is 0 Å². The highest BCUT2D eigenvalue weighted by molar-refractivity contribution is 7.98. The fourth-order valence-corrected chi connectivity index (χ4v) is 3.08. The Morgan fingerprint density at radius 2 is 1.77 bits per heavy atom. The monoisotopic (exact) mass is 305 g/mol. The van der Waals surface area contributed by atoms with Crippen molar-refractivity contribution in [3.63, 3.8) is 0 Å². The van der Waals surface area contributed by atoms with Crippen molar-refractivity contribution in [2.75, 3.05) is 0 Å². The number of benzene rings is 2. The van der Waals surface area contributed by atoms with Crippen molar-refractivity contribution in [3.8, 4) is 0 Å². The Morgan fingerprint density at radius 1 is 0.955 bits per heavy atom. The maximum Gasteiger partial charge on any atom is 0.193 e. The molecule has 1 aliphatic rings. The van der Waals surface area contributed by atoms with E-state index in [0.29, 0.717) is 22.4 Å². The van der Waals surface area contributed by atoms with E-state index in [4.69, 9.17) is 4.42 Å². The van der Waals surface area contributed by atoms with E-state index in [1.807, 2.05) is 48.6 Å². The SMILES string of the molecule is O=c1cc(C2=NSc3ccccc3C=C2)oc2ccccc12. The van der Waals surface area contributed by atoms with Gasteiger partial charge in [0.25, 0.3) is 0 Å². The maximum absolute atomic E-state index is 12.2. The van der Waals surface area contributed by atoms with Gasteiger partial charge in [-0.2, -0.15) is 0 Å². The van der Waals surface area contributed by atoms with Crippen LogP contribution in [0, 0.1) is 0 Å². The molecule has 106 valence electrons. The van der Waals surface area contributed by atoms with Gasteiger partial charge in [0.15, 0.2) is 11.2 Å². The van der Waals surface area contributed by atoms with Gasteiger partial charge in [-0.25, -0.2) is 4.40 Å². The molecule has 0 spiro atoms. The first-order valence-electron chi connectivity index (χ1n) is 6.87. The van der Waals surface area contributed by atoms with E-state index in [-0.39, 0.29) is 5.43 Å². The van der Waals surface area contributed by atoms with Gasteiger partial charge in [0, 0.05) is 22.9 Å². The van der Waals surface area contributed by atoms with Crippen LogP contribution in [0.15, 0.2) is 79.2 Å². The number of hydrogen-bond donors (Lipinski definition) is 0. The molecular formula is C18H11NO2S. The second-order valence-electron chi connectivity index (χ2n) is 4.91. The Balaban J connectivity index is 1.83. The lowest BCUT2D eigenvalue weighted by Crippen LogP contribution is -2.05. The summed E-state index contributed by atoms with van der Waals surface area (Å²) in [4.78, 5) is 13.3. The number of rotatable bonds is 1. The summed E-state index contributed by atoms with van der Waals surface area (Å²) < 4.78 is 10.3. The minimum Gasteiger partial charge on any atom is -0.454 e. The highest BCUT2D eigenvalue weighted by Gasteiger charge is 2.11. The topological polar surface area (TPSA) is 42.6 Å². The van der Waals surface area contributed by atoms with Gasteiger partial charge in [-0.15, -0.1) is 0 Å². The average Bonchev–Trinajstić information content (AvgIpc) is 2.77. The molecule has 2 heterocycles. The van der Waals surface area contributed by atoms with Gasteiger partial charge in [0.05, 0.1) is 5.39 Å². The summed E-state index contributed by atoms with van der Waals surface area (Å²) in [6.07, 6.45) is 3.87. The summed E-state index contributed by atoms with van der Waals surface area (Å²) in [7, 11) is 0. The minimum atomic E-state index is -0.0558. The molecule has 0 bridgehead atoms. The number of fused-ring (bicyclic) bond motifs is 2. The largest absolute Gasteiger partial charge is 0.454 e. The van der Waals surface area contributed by atoms with Gasteiger partial charge < -0.3 is 4.42 Å². The van der Waals surface area contributed by atoms with Crippen molar-refractivity contribution >= 4 is 34.7 Å². The quantitative estimate of drug-likeness (QED) is 0.629. The van der Waals surface area contributed by atoms with Crippen molar-refractivity contribution in [2.45, 2.75) is 4.90 Å². The van der Waals surface area contributed by atoms with Crippen molar-refractivity contribution < 1.29 is 4.42 Å². The molecule has 0 radical (unpaired) electrons. The van der Waals surface area contributed by atoms with Crippen LogP contribution < -0.4 is 5.43 Å². The number of nitrogens with zero attached hydrogens (tertiary/aromatic N) is 1. The normalized spacial score (nSPS) is 13.5. The molecule has 0 saturated heterocycles. The van der Waals surface area contributed by atoms with Gasteiger partial charge in [0.2, 0.25) is 0 Å². The molecule has 4 rings (SSSR count). The molecule has 3 nitrogen and oxygen atoms in total. The second kappa shape index (κ2) is 5.31. The van der Waals surface area contributed by atoms with Crippen LogP contribution in [0.4, 0.5) is 0 Å². The third-order valence-corrected chi connectivity index (χ3v) is 4.33. The summed E-state index contributed by atoms with van der Waals surface area (Å²) in [6.45, 7) is 0.